The van der Waals surface area contributed by atoms with Crippen LogP contribution < -0.4 is 5.56 Å². The zero-order valence-electron chi connectivity index (χ0n) is 26.7. The maximum absolute atomic E-state index is 14.1. The lowest BCUT2D eigenvalue weighted by atomic mass is 9.79. The number of nitrogens with zero attached hydrogens (tertiary/aromatic N) is 5. The van der Waals surface area contributed by atoms with Gasteiger partial charge >= 0.3 is 0 Å². The second kappa shape index (κ2) is 12.6. The Morgan fingerprint density at radius 2 is 1.68 bits per heavy atom. The third-order valence-corrected chi connectivity index (χ3v) is 11.2. The van der Waals surface area contributed by atoms with Crippen LogP contribution >= 0.6 is 11.3 Å². The van der Waals surface area contributed by atoms with Gasteiger partial charge in [-0.25, -0.2) is 4.98 Å². The van der Waals surface area contributed by atoms with Crippen LogP contribution in [0, 0.1) is 12.8 Å². The summed E-state index contributed by atoms with van der Waals surface area (Å²) in [5.74, 6) is -0.339. The van der Waals surface area contributed by atoms with Gasteiger partial charge in [0.25, 0.3) is 11.5 Å². The molecule has 2 aliphatic rings. The van der Waals surface area contributed by atoms with E-state index in [1.54, 1.807) is 16.8 Å². The highest BCUT2D eigenvalue weighted by atomic mass is 32.1. The molecule has 0 radical (unpaired) electrons. The molecule has 0 bridgehead atoms. The molecule has 242 valence electrons. The van der Waals surface area contributed by atoms with E-state index in [2.05, 4.69) is 17.1 Å². The van der Waals surface area contributed by atoms with E-state index in [1.807, 2.05) is 78.4 Å². The standard InChI is InChI=1S/C37H39N5O4S/c1-25-21-31(47-32(25)27-11-7-4-8-12-27)36(45)41-18-14-28(30(22-41)26-9-5-3-6-10-26)34(43)40-19-15-37(46,16-20-40)23-42-24-38-33-29(35(42)44)13-17-39(33)2/h3-13,17,21,24,28,30,46H,14-16,18-20,22-23H2,1-2H3/t28-,30+/m1/s1. The fourth-order valence-corrected chi connectivity index (χ4v) is 8.38. The van der Waals surface area contributed by atoms with E-state index < -0.39 is 5.60 Å². The molecule has 0 spiro atoms. The van der Waals surface area contributed by atoms with Crippen molar-refractivity contribution in [2.24, 2.45) is 13.0 Å². The highest BCUT2D eigenvalue weighted by molar-refractivity contribution is 7.17. The summed E-state index contributed by atoms with van der Waals surface area (Å²) in [4.78, 5) is 51.1. The van der Waals surface area contributed by atoms with Gasteiger partial charge in [-0.05, 0) is 55.0 Å². The highest BCUT2D eigenvalue weighted by Crippen LogP contribution is 2.38. The molecule has 2 atom stereocenters. The van der Waals surface area contributed by atoms with E-state index >= 15 is 0 Å². The first kappa shape index (κ1) is 31.1. The number of piperidine rings is 2. The molecule has 10 heteroatoms. The molecular formula is C37H39N5O4S. The Labute approximate surface area is 277 Å². The molecule has 1 N–H and O–H groups in total. The zero-order chi connectivity index (χ0) is 32.7. The lowest BCUT2D eigenvalue weighted by Crippen LogP contribution is -2.53. The van der Waals surface area contributed by atoms with Gasteiger partial charge in [0.1, 0.15) is 12.0 Å². The minimum Gasteiger partial charge on any atom is -0.388 e. The second-order valence-electron chi connectivity index (χ2n) is 13.0. The molecule has 0 unspecified atom stereocenters. The smallest absolute Gasteiger partial charge is 0.263 e. The first-order chi connectivity index (χ1) is 22.7. The molecule has 2 amide bonds. The summed E-state index contributed by atoms with van der Waals surface area (Å²) < 4.78 is 3.28. The minimum absolute atomic E-state index is 0.00794. The predicted molar refractivity (Wildman–Crippen MR) is 183 cm³/mol. The molecule has 0 aliphatic carbocycles. The number of rotatable bonds is 6. The second-order valence-corrected chi connectivity index (χ2v) is 14.1. The first-order valence-corrected chi connectivity index (χ1v) is 17.0. The fraction of sp³-hybridized carbons (Fsp3) is 0.351. The number of carbonyl (C=O) groups is 2. The van der Waals surface area contributed by atoms with Crippen molar-refractivity contribution in [3.63, 3.8) is 0 Å². The summed E-state index contributed by atoms with van der Waals surface area (Å²) in [6.45, 7) is 3.96. The van der Waals surface area contributed by atoms with Crippen LogP contribution in [0.25, 0.3) is 21.5 Å². The van der Waals surface area contributed by atoms with Crippen molar-refractivity contribution in [2.75, 3.05) is 26.2 Å². The third-order valence-electron chi connectivity index (χ3n) is 9.93. The molecule has 2 aromatic carbocycles. The number of aromatic nitrogens is 3. The van der Waals surface area contributed by atoms with Gasteiger partial charge in [0.2, 0.25) is 5.91 Å². The summed E-state index contributed by atoms with van der Waals surface area (Å²) in [5, 5.41) is 12.0. The van der Waals surface area contributed by atoms with Gasteiger partial charge < -0.3 is 19.5 Å². The van der Waals surface area contributed by atoms with Crippen molar-refractivity contribution in [1.29, 1.82) is 0 Å². The van der Waals surface area contributed by atoms with Crippen LogP contribution in [0.2, 0.25) is 0 Å². The topological polar surface area (TPSA) is 101 Å². The van der Waals surface area contributed by atoms with Crippen molar-refractivity contribution in [3.8, 4) is 10.4 Å². The SMILES string of the molecule is Cc1cc(C(=O)N2CC[C@@H](C(=O)N3CCC(O)(Cn4cnc5c(ccn5C)c4=O)CC3)[C@H](c3ccccc3)C2)sc1-c1ccccc1. The summed E-state index contributed by atoms with van der Waals surface area (Å²) in [5.41, 5.74) is 2.56. The number of fused-ring (bicyclic) bond motifs is 1. The number of amides is 2. The number of hydrogen-bond acceptors (Lipinski definition) is 6. The van der Waals surface area contributed by atoms with E-state index in [1.165, 1.54) is 22.2 Å². The monoisotopic (exact) mass is 649 g/mol. The maximum Gasteiger partial charge on any atom is 0.263 e. The highest BCUT2D eigenvalue weighted by Gasteiger charge is 2.42. The van der Waals surface area contributed by atoms with Crippen LogP contribution in [-0.4, -0.2) is 72.6 Å². The van der Waals surface area contributed by atoms with Gasteiger partial charge in [0, 0.05) is 56.1 Å². The molecule has 5 aromatic rings. The van der Waals surface area contributed by atoms with Crippen molar-refractivity contribution >= 4 is 34.2 Å². The molecule has 5 heterocycles. The Bertz CT molecular complexity index is 1970. The average molecular weight is 650 g/mol. The van der Waals surface area contributed by atoms with Crippen LogP contribution in [0.3, 0.4) is 0 Å². The van der Waals surface area contributed by atoms with Gasteiger partial charge in [-0.15, -0.1) is 11.3 Å². The van der Waals surface area contributed by atoms with Crippen LogP contribution in [0.1, 0.15) is 46.0 Å². The quantitative estimate of drug-likeness (QED) is 0.277. The Kier molecular flexibility index (Phi) is 8.32. The van der Waals surface area contributed by atoms with Crippen LogP contribution in [0.15, 0.2) is 90.1 Å². The van der Waals surface area contributed by atoms with Crippen molar-refractivity contribution in [2.45, 2.75) is 44.2 Å². The van der Waals surface area contributed by atoms with Gasteiger partial charge in [0.15, 0.2) is 0 Å². The summed E-state index contributed by atoms with van der Waals surface area (Å²) >= 11 is 1.53. The normalized spacial score (nSPS) is 19.6. The predicted octanol–water partition coefficient (Wildman–Crippen LogP) is 5.07. The number of benzene rings is 2. The first-order valence-electron chi connectivity index (χ1n) is 16.2. The van der Waals surface area contributed by atoms with Gasteiger partial charge in [-0.1, -0.05) is 60.7 Å². The van der Waals surface area contributed by atoms with Crippen LogP contribution in [0.4, 0.5) is 0 Å². The Hall–Kier alpha value is -4.54. The Morgan fingerprint density at radius 1 is 0.979 bits per heavy atom. The van der Waals surface area contributed by atoms with Crippen molar-refractivity contribution < 1.29 is 14.7 Å². The molecule has 2 saturated heterocycles. The molecule has 3 aromatic heterocycles. The molecule has 9 nitrogen and oxygen atoms in total. The lowest BCUT2D eigenvalue weighted by molar-refractivity contribution is -0.142. The van der Waals surface area contributed by atoms with Gasteiger partial charge in [-0.2, -0.15) is 0 Å². The van der Waals surface area contributed by atoms with Crippen LogP contribution in [0.5, 0.6) is 0 Å². The zero-order valence-corrected chi connectivity index (χ0v) is 27.5. The molecular weight excluding hydrogens is 611 g/mol. The van der Waals surface area contributed by atoms with E-state index in [9.17, 15) is 19.5 Å². The Balaban J connectivity index is 1.05. The Morgan fingerprint density at radius 3 is 2.40 bits per heavy atom. The molecule has 2 fully saturated rings. The number of aryl methyl sites for hydroxylation is 2. The van der Waals surface area contributed by atoms with Gasteiger partial charge in [-0.3, -0.25) is 19.0 Å². The lowest BCUT2D eigenvalue weighted by Gasteiger charge is -2.43. The summed E-state index contributed by atoms with van der Waals surface area (Å²) in [7, 11) is 1.84. The van der Waals surface area contributed by atoms with Crippen molar-refractivity contribution in [1.82, 2.24) is 23.9 Å². The minimum atomic E-state index is -1.11. The number of aliphatic hydroxyl groups is 1. The van der Waals surface area contributed by atoms with E-state index in [-0.39, 0.29) is 35.8 Å². The van der Waals surface area contributed by atoms with Crippen molar-refractivity contribution in [3.05, 3.63) is 112 Å². The largest absolute Gasteiger partial charge is 0.388 e. The van der Waals surface area contributed by atoms with E-state index in [4.69, 9.17) is 0 Å². The summed E-state index contributed by atoms with van der Waals surface area (Å²) in [6, 6.07) is 23.9. The number of thiophene rings is 1. The fourth-order valence-electron chi connectivity index (χ4n) is 7.24. The molecule has 47 heavy (non-hydrogen) atoms. The molecule has 7 rings (SSSR count). The number of hydrogen-bond donors (Lipinski definition) is 1. The van der Waals surface area contributed by atoms with E-state index in [0.717, 1.165) is 21.6 Å². The third kappa shape index (κ3) is 6.03. The van der Waals surface area contributed by atoms with E-state index in [0.29, 0.717) is 61.4 Å². The molecule has 2 aliphatic heterocycles. The number of likely N-dealkylation sites (tertiary alicyclic amines) is 2. The maximum atomic E-state index is 14.1. The summed E-state index contributed by atoms with van der Waals surface area (Å²) in [6.07, 6.45) is 4.61. The molecule has 0 saturated carbocycles. The van der Waals surface area contributed by atoms with Gasteiger partial charge in [0.05, 0.1) is 22.4 Å². The average Bonchev–Trinajstić information content (AvgIpc) is 3.68. The van der Waals surface area contributed by atoms with Crippen LogP contribution in [-0.2, 0) is 18.4 Å². The number of carbonyl (C=O) groups excluding carboxylic acids is 2.